The van der Waals surface area contributed by atoms with Crippen LogP contribution in [0.3, 0.4) is 0 Å². The molecule has 20 heavy (non-hydrogen) atoms. The monoisotopic (exact) mass is 306 g/mol. The van der Waals surface area contributed by atoms with E-state index in [1.165, 1.54) is 0 Å². The van der Waals surface area contributed by atoms with Gasteiger partial charge in [-0.1, -0.05) is 0 Å². The molecule has 0 saturated carbocycles. The number of hydrogen-bond donors (Lipinski definition) is 1. The van der Waals surface area contributed by atoms with E-state index in [4.69, 9.17) is 4.74 Å². The molecule has 5 nitrogen and oxygen atoms in total. The van der Waals surface area contributed by atoms with Gasteiger partial charge in [-0.25, -0.2) is 12.7 Å². The predicted molar refractivity (Wildman–Crippen MR) is 82.3 cm³/mol. The fraction of sp³-hybridized carbons (Fsp3) is 1.00. The van der Waals surface area contributed by atoms with Crippen molar-refractivity contribution in [3.8, 4) is 0 Å². The molecule has 6 heteroatoms. The molecular formula is C14H30N2O3S. The van der Waals surface area contributed by atoms with Gasteiger partial charge in [-0.3, -0.25) is 0 Å². The van der Waals surface area contributed by atoms with Crippen LogP contribution in [0.25, 0.3) is 0 Å². The molecule has 0 aromatic heterocycles. The van der Waals surface area contributed by atoms with Crippen LogP contribution in [0.1, 0.15) is 40.0 Å². The highest BCUT2D eigenvalue weighted by molar-refractivity contribution is 7.89. The summed E-state index contributed by atoms with van der Waals surface area (Å²) >= 11 is 0. The first-order chi connectivity index (χ1) is 9.24. The summed E-state index contributed by atoms with van der Waals surface area (Å²) in [6, 6.07) is 0. The minimum atomic E-state index is -3.09. The number of nitrogens with one attached hydrogen (secondary N) is 1. The van der Waals surface area contributed by atoms with Gasteiger partial charge in [-0.05, 0) is 52.5 Å². The van der Waals surface area contributed by atoms with Crippen molar-refractivity contribution < 1.29 is 13.2 Å². The fourth-order valence-corrected chi connectivity index (χ4v) is 3.86. The number of piperidine rings is 1. The first-order valence-electron chi connectivity index (χ1n) is 7.46. The highest BCUT2D eigenvalue weighted by Gasteiger charge is 2.27. The van der Waals surface area contributed by atoms with Crippen LogP contribution in [0.15, 0.2) is 0 Å². The van der Waals surface area contributed by atoms with E-state index in [9.17, 15) is 8.42 Å². The molecule has 0 bridgehead atoms. The van der Waals surface area contributed by atoms with Crippen LogP contribution in [-0.2, 0) is 14.8 Å². The van der Waals surface area contributed by atoms with Crippen molar-refractivity contribution in [1.29, 1.82) is 0 Å². The Morgan fingerprint density at radius 2 is 1.85 bits per heavy atom. The van der Waals surface area contributed by atoms with Crippen LogP contribution in [0, 0.1) is 5.92 Å². The molecule has 1 aliphatic heterocycles. The maximum atomic E-state index is 12.1. The zero-order chi connectivity index (χ0) is 15.2. The average molecular weight is 306 g/mol. The van der Waals surface area contributed by atoms with Crippen LogP contribution in [-0.4, -0.2) is 57.4 Å². The smallest absolute Gasteiger partial charge is 0.214 e. The topological polar surface area (TPSA) is 58.6 Å². The van der Waals surface area contributed by atoms with Crippen molar-refractivity contribution in [2.75, 3.05) is 39.1 Å². The lowest BCUT2D eigenvalue weighted by Crippen LogP contribution is -2.44. The molecule has 1 heterocycles. The Kier molecular flexibility index (Phi) is 6.91. The molecule has 0 aromatic carbocycles. The Balaban J connectivity index is 2.34. The Labute approximate surface area is 124 Å². The van der Waals surface area contributed by atoms with Gasteiger partial charge in [0.1, 0.15) is 0 Å². The SMILES string of the molecule is COCCCS(=O)(=O)N1CCC(CNC(C)(C)C)CC1. The third kappa shape index (κ3) is 6.52. The molecule has 0 unspecified atom stereocenters. The third-order valence-corrected chi connectivity index (χ3v) is 5.60. The molecule has 1 aliphatic rings. The van der Waals surface area contributed by atoms with Crippen LogP contribution in [0.4, 0.5) is 0 Å². The van der Waals surface area contributed by atoms with Crippen LogP contribution >= 0.6 is 0 Å². The summed E-state index contributed by atoms with van der Waals surface area (Å²) in [6.07, 6.45) is 2.48. The lowest BCUT2D eigenvalue weighted by molar-refractivity contribution is 0.198. The van der Waals surface area contributed by atoms with E-state index < -0.39 is 10.0 Å². The molecule has 1 fully saturated rings. The van der Waals surface area contributed by atoms with Gasteiger partial charge >= 0.3 is 0 Å². The van der Waals surface area contributed by atoms with Crippen molar-refractivity contribution in [2.24, 2.45) is 5.92 Å². The maximum absolute atomic E-state index is 12.1. The summed E-state index contributed by atoms with van der Waals surface area (Å²) in [5, 5.41) is 3.50. The molecule has 0 aromatic rings. The first kappa shape index (κ1) is 17.9. The Morgan fingerprint density at radius 3 is 2.35 bits per heavy atom. The van der Waals surface area contributed by atoms with Gasteiger partial charge in [0.25, 0.3) is 0 Å². The molecule has 0 amide bonds. The minimum Gasteiger partial charge on any atom is -0.385 e. The summed E-state index contributed by atoms with van der Waals surface area (Å²) in [4.78, 5) is 0. The van der Waals surface area contributed by atoms with Gasteiger partial charge < -0.3 is 10.1 Å². The zero-order valence-electron chi connectivity index (χ0n) is 13.3. The van der Waals surface area contributed by atoms with Gasteiger partial charge in [-0.2, -0.15) is 0 Å². The average Bonchev–Trinajstić information content (AvgIpc) is 2.36. The fourth-order valence-electron chi connectivity index (χ4n) is 2.36. The van der Waals surface area contributed by atoms with Crippen molar-refractivity contribution in [1.82, 2.24) is 9.62 Å². The molecule has 0 aliphatic carbocycles. The summed E-state index contributed by atoms with van der Waals surface area (Å²) < 4.78 is 30.8. The highest BCUT2D eigenvalue weighted by Crippen LogP contribution is 2.20. The maximum Gasteiger partial charge on any atom is 0.214 e. The van der Waals surface area contributed by atoms with Crippen molar-refractivity contribution in [3.05, 3.63) is 0 Å². The third-order valence-electron chi connectivity index (χ3n) is 3.64. The minimum absolute atomic E-state index is 0.128. The van der Waals surface area contributed by atoms with Crippen LogP contribution in [0.5, 0.6) is 0 Å². The second-order valence-corrected chi connectivity index (χ2v) is 8.72. The van der Waals surface area contributed by atoms with Gasteiger partial charge in [-0.15, -0.1) is 0 Å². The molecule has 1 saturated heterocycles. The summed E-state index contributed by atoms with van der Waals surface area (Å²) in [5.74, 6) is 0.783. The Bertz CT molecular complexity index is 368. The quantitative estimate of drug-likeness (QED) is 0.723. The first-order valence-corrected chi connectivity index (χ1v) is 9.07. The van der Waals surface area contributed by atoms with E-state index in [2.05, 4.69) is 26.1 Å². The summed E-state index contributed by atoms with van der Waals surface area (Å²) in [7, 11) is -1.49. The van der Waals surface area contributed by atoms with Crippen LogP contribution < -0.4 is 5.32 Å². The van der Waals surface area contributed by atoms with Crippen molar-refractivity contribution in [2.45, 2.75) is 45.6 Å². The second-order valence-electron chi connectivity index (χ2n) is 6.64. The molecular weight excluding hydrogens is 276 g/mol. The molecule has 0 radical (unpaired) electrons. The number of sulfonamides is 1. The van der Waals surface area contributed by atoms with Gasteiger partial charge in [0.15, 0.2) is 0 Å². The standard InChI is InChI=1S/C14H30N2O3S/c1-14(2,3)15-12-13-6-8-16(9-7-13)20(17,18)11-5-10-19-4/h13,15H,5-12H2,1-4H3. The van der Waals surface area contributed by atoms with E-state index in [0.29, 0.717) is 32.0 Å². The largest absolute Gasteiger partial charge is 0.385 e. The lowest BCUT2D eigenvalue weighted by atomic mass is 9.97. The predicted octanol–water partition coefficient (Wildman–Crippen LogP) is 1.45. The van der Waals surface area contributed by atoms with E-state index in [-0.39, 0.29) is 11.3 Å². The Hall–Kier alpha value is -0.170. The molecule has 0 spiro atoms. The molecule has 1 rings (SSSR count). The van der Waals surface area contributed by atoms with E-state index >= 15 is 0 Å². The van der Waals surface area contributed by atoms with E-state index in [1.807, 2.05) is 0 Å². The lowest BCUT2D eigenvalue weighted by Gasteiger charge is -2.33. The van der Waals surface area contributed by atoms with Gasteiger partial charge in [0.2, 0.25) is 10.0 Å². The number of ether oxygens (including phenoxy) is 1. The Morgan fingerprint density at radius 1 is 1.25 bits per heavy atom. The van der Waals surface area contributed by atoms with E-state index in [0.717, 1.165) is 19.4 Å². The molecule has 1 N–H and O–H groups in total. The van der Waals surface area contributed by atoms with Gasteiger partial charge in [0.05, 0.1) is 5.75 Å². The van der Waals surface area contributed by atoms with Crippen LogP contribution in [0.2, 0.25) is 0 Å². The van der Waals surface area contributed by atoms with E-state index in [1.54, 1.807) is 11.4 Å². The van der Waals surface area contributed by atoms with Crippen molar-refractivity contribution >= 4 is 10.0 Å². The number of methoxy groups -OCH3 is 1. The number of nitrogens with zero attached hydrogens (tertiary/aromatic N) is 1. The number of rotatable bonds is 7. The zero-order valence-corrected chi connectivity index (χ0v) is 14.1. The number of hydrogen-bond acceptors (Lipinski definition) is 4. The van der Waals surface area contributed by atoms with Gasteiger partial charge in [0, 0.05) is 32.3 Å². The molecule has 0 atom stereocenters. The summed E-state index contributed by atoms with van der Waals surface area (Å²) in [5.41, 5.74) is 0.128. The molecule has 120 valence electrons. The normalized spacial score (nSPS) is 19.4. The summed E-state index contributed by atoms with van der Waals surface area (Å²) in [6.45, 7) is 9.26. The highest BCUT2D eigenvalue weighted by atomic mass is 32.2. The second kappa shape index (κ2) is 7.73. The van der Waals surface area contributed by atoms with Crippen molar-refractivity contribution in [3.63, 3.8) is 0 Å².